The molecule has 0 radical (unpaired) electrons. The second kappa shape index (κ2) is 7.17. The normalized spacial score (nSPS) is 10.8. The first-order valence-corrected chi connectivity index (χ1v) is 8.17. The smallest absolute Gasteiger partial charge is 0.226 e. The van der Waals surface area contributed by atoms with Crippen LogP contribution in [0.15, 0.2) is 18.2 Å². The second-order valence-corrected chi connectivity index (χ2v) is 6.03. The lowest BCUT2D eigenvalue weighted by molar-refractivity contribution is 0.100. The summed E-state index contributed by atoms with van der Waals surface area (Å²) in [5, 5.41) is 0.0580. The molecule has 9 heteroatoms. The molecule has 0 bridgehead atoms. The van der Waals surface area contributed by atoms with Crippen molar-refractivity contribution in [2.75, 3.05) is 26.2 Å². The van der Waals surface area contributed by atoms with E-state index in [1.165, 1.54) is 6.92 Å². The highest BCUT2D eigenvalue weighted by Crippen LogP contribution is 2.29. The van der Waals surface area contributed by atoms with Crippen molar-refractivity contribution >= 4 is 34.4 Å². The van der Waals surface area contributed by atoms with Gasteiger partial charge >= 0.3 is 0 Å². The molecule has 0 unspecified atom stereocenters. The molecule has 0 fully saturated rings. The third-order valence-corrected chi connectivity index (χ3v) is 4.07. The summed E-state index contributed by atoms with van der Waals surface area (Å²) in [5.41, 5.74) is 1.83. The number of carbonyl (C=O) groups is 1. The van der Waals surface area contributed by atoms with E-state index < -0.39 is 0 Å². The number of methoxy groups -OCH3 is 2. The summed E-state index contributed by atoms with van der Waals surface area (Å²) in [6, 6.07) is 5.59. The zero-order valence-corrected chi connectivity index (χ0v) is 15.6. The van der Waals surface area contributed by atoms with Crippen LogP contribution in [0.5, 0.6) is 11.5 Å². The van der Waals surface area contributed by atoms with Gasteiger partial charge < -0.3 is 19.4 Å². The van der Waals surface area contributed by atoms with E-state index in [1.54, 1.807) is 14.2 Å². The standard InChI is InChI=1S/C17H18ClN5O3/c1-9(24)14-19-13-15(20-14)21-17(18)22-16(13)23(2)8-10-5-6-11(25-3)7-12(10)26-4/h5-7H,8H2,1-4H3,(H,19,20,21,22). The molecule has 0 amide bonds. The number of nitrogens with zero attached hydrogens (tertiary/aromatic N) is 4. The maximum absolute atomic E-state index is 11.6. The van der Waals surface area contributed by atoms with Gasteiger partial charge in [0.1, 0.15) is 17.0 Å². The minimum Gasteiger partial charge on any atom is -0.497 e. The fourth-order valence-corrected chi connectivity index (χ4v) is 2.77. The second-order valence-electron chi connectivity index (χ2n) is 5.69. The largest absolute Gasteiger partial charge is 0.497 e. The number of halogens is 1. The average Bonchev–Trinajstić information content (AvgIpc) is 3.05. The van der Waals surface area contributed by atoms with Gasteiger partial charge in [-0.3, -0.25) is 4.79 Å². The molecule has 0 saturated heterocycles. The summed E-state index contributed by atoms with van der Waals surface area (Å²) in [6.45, 7) is 1.92. The van der Waals surface area contributed by atoms with E-state index >= 15 is 0 Å². The highest BCUT2D eigenvalue weighted by atomic mass is 35.5. The van der Waals surface area contributed by atoms with Crippen LogP contribution in [0.3, 0.4) is 0 Å². The fraction of sp³-hybridized carbons (Fsp3) is 0.294. The number of ketones is 1. The summed E-state index contributed by atoms with van der Waals surface area (Å²) >= 11 is 6.03. The number of aromatic nitrogens is 4. The molecule has 26 heavy (non-hydrogen) atoms. The van der Waals surface area contributed by atoms with Gasteiger partial charge in [-0.25, -0.2) is 4.98 Å². The maximum atomic E-state index is 11.6. The molecule has 0 saturated carbocycles. The quantitative estimate of drug-likeness (QED) is 0.523. The minimum atomic E-state index is -0.190. The molecule has 136 valence electrons. The molecule has 0 atom stereocenters. The van der Waals surface area contributed by atoms with E-state index in [0.29, 0.717) is 35.0 Å². The van der Waals surface area contributed by atoms with Crippen LogP contribution in [-0.4, -0.2) is 47.0 Å². The SMILES string of the molecule is COc1ccc(CN(C)c2nc(Cl)nc3nc(C(C)=O)[nH]c23)c(OC)c1. The summed E-state index contributed by atoms with van der Waals surface area (Å²) in [6.07, 6.45) is 0. The predicted molar refractivity (Wildman–Crippen MR) is 98.4 cm³/mol. The van der Waals surface area contributed by atoms with Crippen LogP contribution in [0.2, 0.25) is 5.28 Å². The number of benzene rings is 1. The van der Waals surface area contributed by atoms with Crippen LogP contribution in [0, 0.1) is 0 Å². The molecule has 0 aliphatic carbocycles. The van der Waals surface area contributed by atoms with E-state index in [-0.39, 0.29) is 16.9 Å². The number of fused-ring (bicyclic) bond motifs is 1. The number of hydrogen-bond acceptors (Lipinski definition) is 7. The first kappa shape index (κ1) is 17.9. The zero-order valence-electron chi connectivity index (χ0n) is 14.8. The van der Waals surface area contributed by atoms with Crippen molar-refractivity contribution in [3.63, 3.8) is 0 Å². The Balaban J connectivity index is 2.00. The highest BCUT2D eigenvalue weighted by molar-refractivity contribution is 6.28. The highest BCUT2D eigenvalue weighted by Gasteiger charge is 2.18. The fourth-order valence-electron chi connectivity index (χ4n) is 2.61. The number of H-pyrrole nitrogens is 1. The number of nitrogens with one attached hydrogen (secondary N) is 1. The monoisotopic (exact) mass is 375 g/mol. The molecular formula is C17H18ClN5O3. The zero-order chi connectivity index (χ0) is 18.8. The lowest BCUT2D eigenvalue weighted by atomic mass is 10.1. The Bertz CT molecular complexity index is 972. The number of Topliss-reactive ketones (excluding diaryl/α,β-unsaturated/α-hetero) is 1. The minimum absolute atomic E-state index is 0.0580. The third kappa shape index (κ3) is 3.41. The lowest BCUT2D eigenvalue weighted by Gasteiger charge is -2.20. The number of anilines is 1. The van der Waals surface area contributed by atoms with Crippen LogP contribution in [0.4, 0.5) is 5.82 Å². The lowest BCUT2D eigenvalue weighted by Crippen LogP contribution is -2.19. The number of imidazole rings is 1. The summed E-state index contributed by atoms with van der Waals surface area (Å²) in [7, 11) is 5.06. The Morgan fingerprint density at radius 1 is 1.23 bits per heavy atom. The molecule has 2 aromatic heterocycles. The van der Waals surface area contributed by atoms with Crippen molar-refractivity contribution in [1.29, 1.82) is 0 Å². The van der Waals surface area contributed by atoms with Gasteiger partial charge in [-0.15, -0.1) is 0 Å². The Kier molecular flexibility index (Phi) is 4.94. The summed E-state index contributed by atoms with van der Waals surface area (Å²) in [5.74, 6) is 1.97. The van der Waals surface area contributed by atoms with Gasteiger partial charge in [0.15, 0.2) is 23.1 Å². The van der Waals surface area contributed by atoms with Crippen LogP contribution in [0.1, 0.15) is 23.1 Å². The maximum Gasteiger partial charge on any atom is 0.226 e. The Morgan fingerprint density at radius 3 is 2.65 bits per heavy atom. The van der Waals surface area contributed by atoms with Crippen LogP contribution >= 0.6 is 11.6 Å². The molecule has 0 aliphatic rings. The molecule has 0 aliphatic heterocycles. The number of aromatic amines is 1. The van der Waals surface area contributed by atoms with Gasteiger partial charge in [0, 0.05) is 32.1 Å². The van der Waals surface area contributed by atoms with Crippen molar-refractivity contribution in [3.05, 3.63) is 34.9 Å². The number of rotatable bonds is 6. The van der Waals surface area contributed by atoms with E-state index in [0.717, 1.165) is 5.56 Å². The van der Waals surface area contributed by atoms with Crippen molar-refractivity contribution < 1.29 is 14.3 Å². The van der Waals surface area contributed by atoms with Crippen molar-refractivity contribution in [3.8, 4) is 11.5 Å². The predicted octanol–water partition coefficient (Wildman–Crippen LogP) is 2.86. The Labute approximate surface area is 155 Å². The molecule has 1 N–H and O–H groups in total. The first-order chi connectivity index (χ1) is 12.4. The number of ether oxygens (including phenoxy) is 2. The van der Waals surface area contributed by atoms with E-state index in [4.69, 9.17) is 21.1 Å². The molecular weight excluding hydrogens is 358 g/mol. The van der Waals surface area contributed by atoms with Crippen molar-refractivity contribution in [1.82, 2.24) is 19.9 Å². The first-order valence-electron chi connectivity index (χ1n) is 7.79. The molecule has 3 aromatic rings. The summed E-state index contributed by atoms with van der Waals surface area (Å²) in [4.78, 5) is 29.0. The molecule has 8 nitrogen and oxygen atoms in total. The molecule has 0 spiro atoms. The molecule has 1 aromatic carbocycles. The van der Waals surface area contributed by atoms with Crippen LogP contribution in [-0.2, 0) is 6.54 Å². The van der Waals surface area contributed by atoms with E-state index in [9.17, 15) is 4.79 Å². The van der Waals surface area contributed by atoms with E-state index in [2.05, 4.69) is 19.9 Å². The van der Waals surface area contributed by atoms with Crippen molar-refractivity contribution in [2.24, 2.45) is 0 Å². The topological polar surface area (TPSA) is 93.2 Å². The van der Waals surface area contributed by atoms with Gasteiger partial charge in [-0.2, -0.15) is 9.97 Å². The Morgan fingerprint density at radius 2 is 2.00 bits per heavy atom. The van der Waals surface area contributed by atoms with Crippen LogP contribution < -0.4 is 14.4 Å². The summed E-state index contributed by atoms with van der Waals surface area (Å²) < 4.78 is 10.7. The van der Waals surface area contributed by atoms with Gasteiger partial charge in [0.2, 0.25) is 5.28 Å². The van der Waals surface area contributed by atoms with Crippen molar-refractivity contribution in [2.45, 2.75) is 13.5 Å². The molecule has 3 rings (SSSR count). The Hall–Kier alpha value is -2.87. The van der Waals surface area contributed by atoms with Gasteiger partial charge in [0.25, 0.3) is 0 Å². The average molecular weight is 376 g/mol. The van der Waals surface area contributed by atoms with Crippen LogP contribution in [0.25, 0.3) is 11.2 Å². The number of carbonyl (C=O) groups excluding carboxylic acids is 1. The molecule has 2 heterocycles. The van der Waals surface area contributed by atoms with Gasteiger partial charge in [-0.1, -0.05) is 0 Å². The third-order valence-electron chi connectivity index (χ3n) is 3.90. The van der Waals surface area contributed by atoms with E-state index in [1.807, 2.05) is 30.1 Å². The number of hydrogen-bond donors (Lipinski definition) is 1. The van der Waals surface area contributed by atoms with Gasteiger partial charge in [0.05, 0.1) is 14.2 Å². The van der Waals surface area contributed by atoms with Gasteiger partial charge in [-0.05, 0) is 23.7 Å².